The maximum Gasteiger partial charge on any atom is 0.251 e. The van der Waals surface area contributed by atoms with E-state index in [-0.39, 0.29) is 11.9 Å². The number of carbonyl (C=O) groups is 1. The Kier molecular flexibility index (Phi) is 3.38. The van der Waals surface area contributed by atoms with Crippen molar-refractivity contribution in [2.75, 3.05) is 43.0 Å². The van der Waals surface area contributed by atoms with Crippen LogP contribution >= 0.6 is 0 Å². The summed E-state index contributed by atoms with van der Waals surface area (Å²) >= 11 is 0. The highest BCUT2D eigenvalue weighted by molar-refractivity contribution is 6.05. The molecule has 2 aliphatic rings. The van der Waals surface area contributed by atoms with Crippen molar-refractivity contribution in [1.82, 2.24) is 9.88 Å². The van der Waals surface area contributed by atoms with Crippen LogP contribution in [0, 0.1) is 6.92 Å². The summed E-state index contributed by atoms with van der Waals surface area (Å²) in [4.78, 5) is 23.7. The predicted octanol–water partition coefficient (Wildman–Crippen LogP) is 1.27. The van der Waals surface area contributed by atoms with E-state index in [2.05, 4.69) is 34.8 Å². The van der Waals surface area contributed by atoms with E-state index in [0.717, 1.165) is 49.7 Å². The van der Waals surface area contributed by atoms with Crippen LogP contribution in [0.4, 0.5) is 11.5 Å². The third-order valence-electron chi connectivity index (χ3n) is 4.13. The largest absolute Gasteiger partial charge is 0.340 e. The maximum atomic E-state index is 12.8. The number of pyridine rings is 1. The lowest BCUT2D eigenvalue weighted by Gasteiger charge is -2.46. The first-order valence-corrected chi connectivity index (χ1v) is 7.35. The number of likely N-dealkylation sites (N-methyl/N-ethyl adjacent to an activating group) is 1. The van der Waals surface area contributed by atoms with Crippen molar-refractivity contribution in [3.8, 4) is 0 Å². The molecular formula is C15H22N4O. The van der Waals surface area contributed by atoms with Gasteiger partial charge < -0.3 is 14.7 Å². The average molecular weight is 274 g/mol. The molecule has 0 radical (unpaired) electrons. The molecule has 5 nitrogen and oxygen atoms in total. The molecule has 1 aromatic rings. The fourth-order valence-electron chi connectivity index (χ4n) is 3.10. The Morgan fingerprint density at radius 1 is 1.40 bits per heavy atom. The first-order valence-electron chi connectivity index (χ1n) is 7.35. The van der Waals surface area contributed by atoms with Crippen molar-refractivity contribution in [3.05, 3.63) is 17.8 Å². The molecule has 1 amide bonds. The number of piperazine rings is 1. The SMILES string of the molecule is CCCN1C(=O)[C@@H]2CN(C)CCN2c2ncc(C)cc21. The molecular weight excluding hydrogens is 252 g/mol. The first-order chi connectivity index (χ1) is 9.61. The van der Waals surface area contributed by atoms with Gasteiger partial charge in [-0.1, -0.05) is 6.92 Å². The molecule has 1 aromatic heterocycles. The molecule has 1 fully saturated rings. The van der Waals surface area contributed by atoms with E-state index < -0.39 is 0 Å². The van der Waals surface area contributed by atoms with Gasteiger partial charge in [0.1, 0.15) is 6.04 Å². The van der Waals surface area contributed by atoms with Crippen molar-refractivity contribution < 1.29 is 4.79 Å². The summed E-state index contributed by atoms with van der Waals surface area (Å²) in [6.07, 6.45) is 2.86. The van der Waals surface area contributed by atoms with Crippen molar-refractivity contribution in [3.63, 3.8) is 0 Å². The minimum atomic E-state index is -0.0805. The van der Waals surface area contributed by atoms with E-state index in [9.17, 15) is 4.79 Å². The van der Waals surface area contributed by atoms with Gasteiger partial charge in [-0.15, -0.1) is 0 Å². The Morgan fingerprint density at radius 3 is 2.95 bits per heavy atom. The maximum absolute atomic E-state index is 12.8. The van der Waals surface area contributed by atoms with Gasteiger partial charge in [0.05, 0.1) is 5.69 Å². The fourth-order valence-corrected chi connectivity index (χ4v) is 3.10. The van der Waals surface area contributed by atoms with Crippen LogP contribution in [0.15, 0.2) is 12.3 Å². The molecule has 20 heavy (non-hydrogen) atoms. The standard InChI is InChI=1S/C15H22N4O/c1-4-5-19-12-8-11(2)9-16-14(12)18-7-6-17(3)10-13(18)15(19)20/h8-9,13H,4-7,10H2,1-3H3/t13-/m0/s1. The van der Waals surface area contributed by atoms with E-state index in [1.54, 1.807) is 0 Å². The van der Waals surface area contributed by atoms with Crippen molar-refractivity contribution in [2.24, 2.45) is 0 Å². The highest BCUT2D eigenvalue weighted by Gasteiger charge is 2.41. The number of hydrogen-bond donors (Lipinski definition) is 0. The molecule has 0 aromatic carbocycles. The van der Waals surface area contributed by atoms with E-state index in [1.165, 1.54) is 0 Å². The summed E-state index contributed by atoms with van der Waals surface area (Å²) in [5.74, 6) is 1.19. The molecule has 1 atom stereocenters. The quantitative estimate of drug-likeness (QED) is 0.814. The van der Waals surface area contributed by atoms with Crippen LogP contribution < -0.4 is 9.80 Å². The summed E-state index contributed by atoms with van der Waals surface area (Å²) in [6, 6.07) is 2.01. The monoisotopic (exact) mass is 274 g/mol. The zero-order chi connectivity index (χ0) is 14.3. The van der Waals surface area contributed by atoms with Gasteiger partial charge in [-0.05, 0) is 32.0 Å². The lowest BCUT2D eigenvalue weighted by Crippen LogP contribution is -2.62. The number of aromatic nitrogens is 1. The van der Waals surface area contributed by atoms with E-state index in [0.29, 0.717) is 0 Å². The highest BCUT2D eigenvalue weighted by Crippen LogP contribution is 2.36. The topological polar surface area (TPSA) is 39.7 Å². The number of nitrogens with zero attached hydrogens (tertiary/aromatic N) is 4. The molecule has 2 aliphatic heterocycles. The average Bonchev–Trinajstić information content (AvgIpc) is 2.43. The van der Waals surface area contributed by atoms with Gasteiger partial charge in [0, 0.05) is 32.4 Å². The van der Waals surface area contributed by atoms with Crippen LogP contribution in [0.3, 0.4) is 0 Å². The number of amides is 1. The fraction of sp³-hybridized carbons (Fsp3) is 0.600. The number of rotatable bonds is 2. The van der Waals surface area contributed by atoms with E-state index in [1.807, 2.05) is 18.0 Å². The zero-order valence-electron chi connectivity index (χ0n) is 12.5. The van der Waals surface area contributed by atoms with Gasteiger partial charge in [-0.25, -0.2) is 4.98 Å². The van der Waals surface area contributed by atoms with Crippen LogP contribution in [-0.4, -0.2) is 55.1 Å². The van der Waals surface area contributed by atoms with Crippen LogP contribution in [0.2, 0.25) is 0 Å². The lowest BCUT2D eigenvalue weighted by atomic mass is 10.0. The Bertz CT molecular complexity index is 531. The van der Waals surface area contributed by atoms with Crippen molar-refractivity contribution in [1.29, 1.82) is 0 Å². The summed E-state index contributed by atoms with van der Waals surface area (Å²) < 4.78 is 0. The number of fused-ring (bicyclic) bond motifs is 3. The summed E-state index contributed by atoms with van der Waals surface area (Å²) in [5, 5.41) is 0. The molecule has 5 heteroatoms. The molecule has 0 spiro atoms. The summed E-state index contributed by atoms with van der Waals surface area (Å²) in [6.45, 7) is 7.54. The minimum absolute atomic E-state index is 0.0805. The number of aryl methyl sites for hydroxylation is 1. The molecule has 0 aliphatic carbocycles. The number of anilines is 2. The van der Waals surface area contributed by atoms with Gasteiger partial charge in [0.25, 0.3) is 5.91 Å². The number of carbonyl (C=O) groups excluding carboxylic acids is 1. The minimum Gasteiger partial charge on any atom is -0.340 e. The van der Waals surface area contributed by atoms with Gasteiger partial charge in [0.2, 0.25) is 0 Å². The third kappa shape index (κ3) is 2.06. The Morgan fingerprint density at radius 2 is 2.20 bits per heavy atom. The van der Waals surface area contributed by atoms with E-state index >= 15 is 0 Å². The van der Waals surface area contributed by atoms with Gasteiger partial charge in [-0.2, -0.15) is 0 Å². The summed E-state index contributed by atoms with van der Waals surface area (Å²) in [7, 11) is 2.08. The predicted molar refractivity (Wildman–Crippen MR) is 80.2 cm³/mol. The van der Waals surface area contributed by atoms with Crippen LogP contribution in [0.1, 0.15) is 18.9 Å². The Balaban J connectivity index is 2.06. The van der Waals surface area contributed by atoms with Crippen LogP contribution in [0.25, 0.3) is 0 Å². The molecule has 1 saturated heterocycles. The molecule has 108 valence electrons. The second kappa shape index (κ2) is 5.05. The van der Waals surface area contributed by atoms with Gasteiger partial charge in [0.15, 0.2) is 5.82 Å². The van der Waals surface area contributed by atoms with Gasteiger partial charge in [-0.3, -0.25) is 4.79 Å². The number of hydrogen-bond acceptors (Lipinski definition) is 4. The molecule has 3 heterocycles. The molecule has 0 unspecified atom stereocenters. The van der Waals surface area contributed by atoms with Crippen molar-refractivity contribution in [2.45, 2.75) is 26.3 Å². The van der Waals surface area contributed by atoms with Crippen LogP contribution in [-0.2, 0) is 4.79 Å². The zero-order valence-corrected chi connectivity index (χ0v) is 12.5. The third-order valence-corrected chi connectivity index (χ3v) is 4.13. The first kappa shape index (κ1) is 13.4. The van der Waals surface area contributed by atoms with E-state index in [4.69, 9.17) is 0 Å². The van der Waals surface area contributed by atoms with Crippen molar-refractivity contribution >= 4 is 17.4 Å². The Hall–Kier alpha value is -1.62. The highest BCUT2D eigenvalue weighted by atomic mass is 16.2. The smallest absolute Gasteiger partial charge is 0.251 e. The second-order valence-electron chi connectivity index (χ2n) is 5.82. The molecule has 0 N–H and O–H groups in total. The second-order valence-corrected chi connectivity index (χ2v) is 5.82. The molecule has 3 rings (SSSR count). The molecule has 0 saturated carbocycles. The van der Waals surface area contributed by atoms with Gasteiger partial charge >= 0.3 is 0 Å². The Labute approximate surface area is 120 Å². The molecule has 0 bridgehead atoms. The van der Waals surface area contributed by atoms with Crippen LogP contribution in [0.5, 0.6) is 0 Å². The summed E-state index contributed by atoms with van der Waals surface area (Å²) in [5.41, 5.74) is 2.09. The lowest BCUT2D eigenvalue weighted by molar-refractivity contribution is -0.121. The normalized spacial score (nSPS) is 22.8.